The summed E-state index contributed by atoms with van der Waals surface area (Å²) in [4.78, 5) is -1.24. The first-order valence-corrected chi connectivity index (χ1v) is 16.5. The molecule has 5 rings (SSSR count). The molecule has 0 saturated heterocycles. The van der Waals surface area contributed by atoms with Crippen LogP contribution in [0.3, 0.4) is 0 Å². The molecule has 5 aromatic carbocycles. The number of aromatic hydroxyl groups is 1. The average molecular weight is 694 g/mol. The number of nitrogens with zero attached hydrogens (tertiary/aromatic N) is 4. The Morgan fingerprint density at radius 1 is 0.604 bits per heavy atom. The van der Waals surface area contributed by atoms with Crippen LogP contribution in [0.5, 0.6) is 23.0 Å². The third-order valence-electron chi connectivity index (χ3n) is 6.84. The van der Waals surface area contributed by atoms with E-state index in [0.717, 1.165) is 17.8 Å². The number of methoxy groups -OCH3 is 3. The summed E-state index contributed by atoms with van der Waals surface area (Å²) in [6.07, 6.45) is 0. The van der Waals surface area contributed by atoms with Gasteiger partial charge in [-0.25, -0.2) is 0 Å². The molecule has 248 valence electrons. The standard InChI is InChI=1S/C31H27N5O10S2/c1-44-21-10-12-23(28(15-21)47(38,39)40)33-34-24-16-27(46-3)25(17-26(24)45-2)35-36-30-29(48(41,42)43)14-18-13-20(9-11-22(18)31(30)37)32-19-7-5-4-6-8-19/h4-17,32,37H,1-3H3,(H,38,39,40)(H,41,42,43). The van der Waals surface area contributed by atoms with Gasteiger partial charge in [-0.2, -0.15) is 16.8 Å². The minimum absolute atomic E-state index is 0.000402. The van der Waals surface area contributed by atoms with Gasteiger partial charge in [-0.05, 0) is 53.9 Å². The molecule has 15 nitrogen and oxygen atoms in total. The van der Waals surface area contributed by atoms with Crippen LogP contribution in [0, 0.1) is 0 Å². The quantitative estimate of drug-likeness (QED) is 0.0778. The first kappa shape index (κ1) is 33.7. The van der Waals surface area contributed by atoms with E-state index in [0.29, 0.717) is 11.1 Å². The summed E-state index contributed by atoms with van der Waals surface area (Å²) in [6, 6.07) is 21.7. The molecule has 0 aliphatic carbocycles. The van der Waals surface area contributed by atoms with E-state index in [1.807, 2.05) is 30.3 Å². The number of para-hydroxylation sites is 1. The summed E-state index contributed by atoms with van der Waals surface area (Å²) in [6.45, 7) is 0. The maximum absolute atomic E-state index is 12.4. The Hall–Kier alpha value is -5.62. The highest BCUT2D eigenvalue weighted by atomic mass is 32.2. The van der Waals surface area contributed by atoms with E-state index >= 15 is 0 Å². The summed E-state index contributed by atoms with van der Waals surface area (Å²) in [5.74, 6) is -0.286. The van der Waals surface area contributed by atoms with Crippen molar-refractivity contribution in [1.29, 1.82) is 0 Å². The minimum Gasteiger partial charge on any atom is -0.505 e. The van der Waals surface area contributed by atoms with Crippen LogP contribution < -0.4 is 19.5 Å². The van der Waals surface area contributed by atoms with Gasteiger partial charge < -0.3 is 24.6 Å². The summed E-state index contributed by atoms with van der Waals surface area (Å²) in [5, 5.41) is 30.8. The maximum Gasteiger partial charge on any atom is 0.296 e. The molecule has 4 N–H and O–H groups in total. The van der Waals surface area contributed by atoms with Crippen LogP contribution in [0.4, 0.5) is 34.1 Å². The van der Waals surface area contributed by atoms with Gasteiger partial charge in [0.25, 0.3) is 20.2 Å². The van der Waals surface area contributed by atoms with Crippen LogP contribution in [-0.2, 0) is 20.2 Å². The van der Waals surface area contributed by atoms with Crippen LogP contribution in [0.25, 0.3) is 10.8 Å². The van der Waals surface area contributed by atoms with E-state index in [1.54, 1.807) is 18.2 Å². The number of ether oxygens (including phenoxy) is 3. The van der Waals surface area contributed by atoms with Crippen molar-refractivity contribution in [3.63, 3.8) is 0 Å². The second-order valence-corrected chi connectivity index (χ2v) is 12.7. The Morgan fingerprint density at radius 2 is 1.21 bits per heavy atom. The average Bonchev–Trinajstić information content (AvgIpc) is 3.06. The van der Waals surface area contributed by atoms with Gasteiger partial charge in [0.1, 0.15) is 49.8 Å². The molecule has 0 saturated carbocycles. The van der Waals surface area contributed by atoms with Crippen LogP contribution >= 0.6 is 0 Å². The highest BCUT2D eigenvalue weighted by molar-refractivity contribution is 7.86. The van der Waals surface area contributed by atoms with E-state index in [9.17, 15) is 31.0 Å². The van der Waals surface area contributed by atoms with Crippen LogP contribution in [0.15, 0.2) is 115 Å². The van der Waals surface area contributed by atoms with Crippen molar-refractivity contribution in [3.8, 4) is 23.0 Å². The Balaban J connectivity index is 1.55. The number of fused-ring (bicyclic) bond motifs is 1. The molecule has 5 aromatic rings. The number of benzene rings is 5. The first-order valence-electron chi connectivity index (χ1n) is 13.7. The zero-order valence-corrected chi connectivity index (χ0v) is 27.0. The van der Waals surface area contributed by atoms with Crippen LogP contribution in [-0.4, -0.2) is 52.4 Å². The predicted molar refractivity (Wildman–Crippen MR) is 176 cm³/mol. The van der Waals surface area contributed by atoms with Crippen molar-refractivity contribution in [2.75, 3.05) is 26.6 Å². The molecule has 0 aliphatic rings. The van der Waals surface area contributed by atoms with Crippen molar-refractivity contribution in [3.05, 3.63) is 84.9 Å². The number of anilines is 2. The molecule has 0 atom stereocenters. The fourth-order valence-corrected chi connectivity index (χ4v) is 5.85. The third kappa shape index (κ3) is 7.34. The number of hydrogen-bond donors (Lipinski definition) is 4. The summed E-state index contributed by atoms with van der Waals surface area (Å²) in [5.41, 5.74) is 0.699. The Morgan fingerprint density at radius 3 is 1.79 bits per heavy atom. The molecule has 0 unspecified atom stereocenters. The molecule has 0 aliphatic heterocycles. The van der Waals surface area contributed by atoms with E-state index in [-0.39, 0.29) is 39.7 Å². The van der Waals surface area contributed by atoms with Gasteiger partial charge in [-0.15, -0.1) is 20.5 Å². The number of azo groups is 2. The summed E-state index contributed by atoms with van der Waals surface area (Å²) < 4.78 is 84.1. The summed E-state index contributed by atoms with van der Waals surface area (Å²) >= 11 is 0. The Bertz CT molecular complexity index is 2300. The van der Waals surface area contributed by atoms with Crippen LogP contribution in [0.2, 0.25) is 0 Å². The predicted octanol–water partition coefficient (Wildman–Crippen LogP) is 7.64. The highest BCUT2D eigenvalue weighted by Crippen LogP contribution is 2.45. The molecule has 17 heteroatoms. The van der Waals surface area contributed by atoms with Gasteiger partial charge in [0.05, 0.1) is 21.3 Å². The van der Waals surface area contributed by atoms with Crippen molar-refractivity contribution in [1.82, 2.24) is 0 Å². The van der Waals surface area contributed by atoms with E-state index in [2.05, 4.69) is 25.8 Å². The van der Waals surface area contributed by atoms with Gasteiger partial charge in [-0.3, -0.25) is 9.11 Å². The lowest BCUT2D eigenvalue weighted by molar-refractivity contribution is 0.405. The second-order valence-electron chi connectivity index (χ2n) is 9.88. The molecular weight excluding hydrogens is 667 g/mol. The molecule has 0 aromatic heterocycles. The lowest BCUT2D eigenvalue weighted by atomic mass is 10.1. The van der Waals surface area contributed by atoms with E-state index < -0.39 is 41.5 Å². The smallest absolute Gasteiger partial charge is 0.296 e. The molecule has 48 heavy (non-hydrogen) atoms. The molecular formula is C31H27N5O10S2. The fraction of sp³-hybridized carbons (Fsp3) is 0.0968. The normalized spacial score (nSPS) is 12.1. The largest absolute Gasteiger partial charge is 0.505 e. The third-order valence-corrected chi connectivity index (χ3v) is 8.59. The van der Waals surface area contributed by atoms with Gasteiger partial charge in [0.15, 0.2) is 5.75 Å². The van der Waals surface area contributed by atoms with Gasteiger partial charge in [0, 0.05) is 35.0 Å². The lowest BCUT2D eigenvalue weighted by Crippen LogP contribution is -1.99. The molecule has 0 spiro atoms. The maximum atomic E-state index is 12.4. The SMILES string of the molecule is COc1ccc(N=Nc2cc(OC)c(N=Nc3c(S(=O)(=O)O)cc4cc(Nc5ccccc5)ccc4c3O)cc2OC)c(S(=O)(=O)O)c1. The number of phenols is 1. The number of nitrogens with one attached hydrogen (secondary N) is 1. The summed E-state index contributed by atoms with van der Waals surface area (Å²) in [7, 11) is -5.64. The number of phenolic OH excluding ortho intramolecular Hbond substituents is 1. The van der Waals surface area contributed by atoms with E-state index in [4.69, 9.17) is 14.2 Å². The molecule has 0 bridgehead atoms. The first-order chi connectivity index (χ1) is 22.8. The highest BCUT2D eigenvalue weighted by Gasteiger charge is 2.23. The van der Waals surface area contributed by atoms with Crippen molar-refractivity contribution in [2.24, 2.45) is 20.5 Å². The van der Waals surface area contributed by atoms with Gasteiger partial charge in [-0.1, -0.05) is 18.2 Å². The lowest BCUT2D eigenvalue weighted by Gasteiger charge is -2.12. The van der Waals surface area contributed by atoms with Crippen LogP contribution in [0.1, 0.15) is 0 Å². The Kier molecular flexibility index (Phi) is 9.57. The molecule has 0 amide bonds. The van der Waals surface area contributed by atoms with Gasteiger partial charge in [0.2, 0.25) is 0 Å². The molecule has 0 radical (unpaired) electrons. The van der Waals surface area contributed by atoms with E-state index in [1.165, 1.54) is 45.6 Å². The fourth-order valence-electron chi connectivity index (χ4n) is 4.55. The molecule has 0 heterocycles. The zero-order chi connectivity index (χ0) is 34.6. The van der Waals surface area contributed by atoms with Crippen molar-refractivity contribution in [2.45, 2.75) is 9.79 Å². The monoisotopic (exact) mass is 693 g/mol. The number of rotatable bonds is 11. The number of hydrogen-bond acceptors (Lipinski definition) is 13. The zero-order valence-electron chi connectivity index (χ0n) is 25.4. The van der Waals surface area contributed by atoms with Crippen molar-refractivity contribution < 1.29 is 45.3 Å². The Labute approximate surface area is 274 Å². The van der Waals surface area contributed by atoms with Gasteiger partial charge >= 0.3 is 0 Å². The minimum atomic E-state index is -4.90. The topological polar surface area (TPSA) is 218 Å². The second kappa shape index (κ2) is 13.6. The van der Waals surface area contributed by atoms with Crippen molar-refractivity contribution >= 4 is 65.1 Å². The molecule has 0 fully saturated rings.